The molecule has 0 saturated carbocycles. The maximum absolute atomic E-state index is 11.0. The summed E-state index contributed by atoms with van der Waals surface area (Å²) >= 11 is 0. The van der Waals surface area contributed by atoms with Gasteiger partial charge in [-0.05, 0) is 6.92 Å². The van der Waals surface area contributed by atoms with Gasteiger partial charge in [0.15, 0.2) is 0 Å². The van der Waals surface area contributed by atoms with Crippen LogP contribution in [0.1, 0.15) is 6.92 Å². The second kappa shape index (κ2) is 4.52. The lowest BCUT2D eigenvalue weighted by molar-refractivity contribution is -0.150. The van der Waals surface area contributed by atoms with E-state index < -0.39 is 5.97 Å². The third kappa shape index (κ3) is 2.40. The minimum absolute atomic E-state index is 0.229. The van der Waals surface area contributed by atoms with Crippen LogP contribution in [-0.2, 0) is 9.53 Å². The molecular weight excluding hydrogens is 190 g/mol. The molecule has 0 aliphatic heterocycles. The number of rotatable bonds is 4. The van der Waals surface area contributed by atoms with Crippen LogP contribution in [-0.4, -0.2) is 34.1 Å². The first-order valence-electron chi connectivity index (χ1n) is 4.03. The molecule has 0 fully saturated rings. The Labute approximate surface area is 80.2 Å². The average molecular weight is 201 g/mol. The molecule has 6 heteroatoms. The van der Waals surface area contributed by atoms with Gasteiger partial charge in [-0.15, -0.1) is 4.73 Å². The third-order valence-corrected chi connectivity index (χ3v) is 1.41. The zero-order valence-electron chi connectivity index (χ0n) is 7.64. The van der Waals surface area contributed by atoms with Gasteiger partial charge in [-0.1, -0.05) is 0 Å². The lowest BCUT2D eigenvalue weighted by Crippen LogP contribution is -2.23. The second-order valence-electron chi connectivity index (χ2n) is 2.44. The van der Waals surface area contributed by atoms with Crippen LogP contribution in [0.5, 0.6) is 11.8 Å². The van der Waals surface area contributed by atoms with E-state index in [1.54, 1.807) is 6.92 Å². The number of hydrogen-bond donors (Lipinski definition) is 2. The molecular formula is C8H11NO5. The fraction of sp³-hybridized carbons (Fsp3) is 0.375. The van der Waals surface area contributed by atoms with E-state index in [9.17, 15) is 4.79 Å². The maximum Gasteiger partial charge on any atom is 0.358 e. The molecule has 1 aromatic rings. The summed E-state index contributed by atoms with van der Waals surface area (Å²) in [7, 11) is 0. The van der Waals surface area contributed by atoms with Crippen molar-refractivity contribution in [1.29, 1.82) is 0 Å². The molecule has 0 unspecified atom stereocenters. The van der Waals surface area contributed by atoms with E-state index in [4.69, 9.17) is 14.9 Å². The minimum Gasteiger partial charge on any atom is -0.492 e. The molecule has 1 heterocycles. The molecule has 0 amide bonds. The fourth-order valence-electron chi connectivity index (χ4n) is 0.809. The molecule has 0 bridgehead atoms. The summed E-state index contributed by atoms with van der Waals surface area (Å²) in [6.45, 7) is 1.89. The van der Waals surface area contributed by atoms with Gasteiger partial charge in [0.1, 0.15) is 6.61 Å². The Bertz CT molecular complexity index is 300. The molecule has 0 radical (unpaired) electrons. The van der Waals surface area contributed by atoms with Crippen molar-refractivity contribution in [2.24, 2.45) is 0 Å². The van der Waals surface area contributed by atoms with E-state index in [1.165, 1.54) is 12.1 Å². The van der Waals surface area contributed by atoms with Crippen LogP contribution >= 0.6 is 0 Å². The molecule has 0 aliphatic carbocycles. The summed E-state index contributed by atoms with van der Waals surface area (Å²) < 4.78 is 5.39. The van der Waals surface area contributed by atoms with E-state index in [0.29, 0.717) is 11.3 Å². The first-order valence-corrected chi connectivity index (χ1v) is 4.03. The van der Waals surface area contributed by atoms with Gasteiger partial charge in [-0.3, -0.25) is 0 Å². The maximum atomic E-state index is 11.0. The van der Waals surface area contributed by atoms with E-state index in [0.717, 1.165) is 0 Å². The third-order valence-electron chi connectivity index (χ3n) is 1.41. The number of aromatic hydroxyl groups is 2. The first-order chi connectivity index (χ1) is 6.65. The Morgan fingerprint density at radius 2 is 2.00 bits per heavy atom. The summed E-state index contributed by atoms with van der Waals surface area (Å²) in [6, 6.07) is 2.40. The molecule has 0 spiro atoms. The Hall–Kier alpha value is -1.69. The lowest BCUT2D eigenvalue weighted by atomic mass is 10.6. The van der Waals surface area contributed by atoms with Crippen molar-refractivity contribution in [2.75, 3.05) is 13.2 Å². The van der Waals surface area contributed by atoms with Crippen molar-refractivity contribution in [3.8, 4) is 11.8 Å². The zero-order valence-corrected chi connectivity index (χ0v) is 7.64. The molecule has 14 heavy (non-hydrogen) atoms. The van der Waals surface area contributed by atoms with Crippen molar-refractivity contribution in [3.63, 3.8) is 0 Å². The smallest absolute Gasteiger partial charge is 0.358 e. The van der Waals surface area contributed by atoms with Gasteiger partial charge in [0, 0.05) is 18.7 Å². The van der Waals surface area contributed by atoms with Gasteiger partial charge in [0.2, 0.25) is 11.8 Å². The highest BCUT2D eigenvalue weighted by molar-refractivity contribution is 5.71. The van der Waals surface area contributed by atoms with E-state index in [-0.39, 0.29) is 18.4 Å². The van der Waals surface area contributed by atoms with Crippen LogP contribution in [0.3, 0.4) is 0 Å². The SMILES string of the molecule is CCOCC(=O)On1c(O)ccc1O. The summed E-state index contributed by atoms with van der Waals surface area (Å²) in [5.41, 5.74) is 0. The van der Waals surface area contributed by atoms with Crippen molar-refractivity contribution in [2.45, 2.75) is 6.92 Å². The molecule has 6 nitrogen and oxygen atoms in total. The largest absolute Gasteiger partial charge is 0.492 e. The average Bonchev–Trinajstić information content (AvgIpc) is 2.46. The van der Waals surface area contributed by atoms with Gasteiger partial charge < -0.3 is 19.8 Å². The van der Waals surface area contributed by atoms with Crippen LogP contribution in [0.4, 0.5) is 0 Å². The Kier molecular flexibility index (Phi) is 3.35. The quantitative estimate of drug-likeness (QED) is 0.710. The lowest BCUT2D eigenvalue weighted by Gasteiger charge is -2.06. The molecule has 78 valence electrons. The van der Waals surface area contributed by atoms with Crippen LogP contribution < -0.4 is 4.84 Å². The molecule has 1 rings (SSSR count). The summed E-state index contributed by atoms with van der Waals surface area (Å²) in [5, 5.41) is 18.2. The Balaban J connectivity index is 2.55. The van der Waals surface area contributed by atoms with Gasteiger partial charge in [-0.2, -0.15) is 0 Å². The number of carbonyl (C=O) groups is 1. The molecule has 0 aromatic carbocycles. The number of nitrogens with zero attached hydrogens (tertiary/aromatic N) is 1. The number of aromatic nitrogens is 1. The Morgan fingerprint density at radius 1 is 1.43 bits per heavy atom. The minimum atomic E-state index is -0.700. The number of ether oxygens (including phenoxy) is 1. The van der Waals surface area contributed by atoms with Crippen molar-refractivity contribution < 1.29 is 24.6 Å². The highest BCUT2D eigenvalue weighted by atomic mass is 16.7. The number of carbonyl (C=O) groups excluding carboxylic acids is 1. The molecule has 1 aromatic heterocycles. The second-order valence-corrected chi connectivity index (χ2v) is 2.44. The normalized spacial score (nSPS) is 10.1. The monoisotopic (exact) mass is 201 g/mol. The molecule has 0 saturated heterocycles. The van der Waals surface area contributed by atoms with Crippen LogP contribution in [0.25, 0.3) is 0 Å². The molecule has 0 atom stereocenters. The van der Waals surface area contributed by atoms with E-state index in [1.807, 2.05) is 0 Å². The van der Waals surface area contributed by atoms with Gasteiger partial charge in [0.05, 0.1) is 0 Å². The van der Waals surface area contributed by atoms with E-state index in [2.05, 4.69) is 4.84 Å². The molecule has 2 N–H and O–H groups in total. The molecule has 0 aliphatic rings. The standard InChI is InChI=1S/C8H11NO5/c1-2-13-5-8(12)14-9-6(10)3-4-7(9)11/h3-4,10-11H,2,5H2,1H3. The van der Waals surface area contributed by atoms with Crippen molar-refractivity contribution >= 4 is 5.97 Å². The topological polar surface area (TPSA) is 80.9 Å². The predicted molar refractivity (Wildman–Crippen MR) is 45.8 cm³/mol. The van der Waals surface area contributed by atoms with Crippen molar-refractivity contribution in [3.05, 3.63) is 12.1 Å². The highest BCUT2D eigenvalue weighted by Crippen LogP contribution is 2.18. The Morgan fingerprint density at radius 3 is 2.50 bits per heavy atom. The van der Waals surface area contributed by atoms with E-state index >= 15 is 0 Å². The van der Waals surface area contributed by atoms with Crippen LogP contribution in [0, 0.1) is 0 Å². The summed E-state index contributed by atoms with van der Waals surface area (Å²) in [4.78, 5) is 15.6. The number of hydrogen-bond acceptors (Lipinski definition) is 5. The van der Waals surface area contributed by atoms with Gasteiger partial charge in [-0.25, -0.2) is 4.79 Å². The van der Waals surface area contributed by atoms with Crippen LogP contribution in [0.15, 0.2) is 12.1 Å². The summed E-state index contributed by atoms with van der Waals surface area (Å²) in [5.74, 6) is -1.41. The van der Waals surface area contributed by atoms with Crippen molar-refractivity contribution in [1.82, 2.24) is 4.73 Å². The first kappa shape index (κ1) is 10.4. The van der Waals surface area contributed by atoms with Crippen LogP contribution in [0.2, 0.25) is 0 Å². The summed E-state index contributed by atoms with van der Waals surface area (Å²) in [6.07, 6.45) is 0. The highest BCUT2D eigenvalue weighted by Gasteiger charge is 2.11. The zero-order chi connectivity index (χ0) is 10.6. The van der Waals surface area contributed by atoms with Gasteiger partial charge >= 0.3 is 5.97 Å². The fourth-order valence-corrected chi connectivity index (χ4v) is 0.809. The predicted octanol–water partition coefficient (Wildman–Crippen LogP) is -0.109. The van der Waals surface area contributed by atoms with Gasteiger partial charge in [0.25, 0.3) is 0 Å².